The molecule has 0 aliphatic carbocycles. The van der Waals surface area contributed by atoms with Gasteiger partial charge in [0.25, 0.3) is 0 Å². The number of carbonyl (C=O) groups is 2. The third-order valence-electron chi connectivity index (χ3n) is 3.73. The molecule has 0 heterocycles. The molecule has 0 radical (unpaired) electrons. The van der Waals surface area contributed by atoms with Crippen LogP contribution in [0.15, 0.2) is 0 Å². The monoisotopic (exact) mass is 271 g/mol. The summed E-state index contributed by atoms with van der Waals surface area (Å²) in [4.78, 5) is 22.9. The number of carboxylic acid groups (broad SMARTS) is 1. The summed E-state index contributed by atoms with van der Waals surface area (Å²) >= 11 is 0. The summed E-state index contributed by atoms with van der Waals surface area (Å²) in [6, 6.07) is -0.343. The average molecular weight is 271 g/mol. The summed E-state index contributed by atoms with van der Waals surface area (Å²) in [7, 11) is 0. The van der Waals surface area contributed by atoms with Crippen LogP contribution >= 0.6 is 0 Å². The molecule has 0 bridgehead atoms. The van der Waals surface area contributed by atoms with Gasteiger partial charge in [-0.25, -0.2) is 0 Å². The van der Waals surface area contributed by atoms with Crippen molar-refractivity contribution < 1.29 is 14.7 Å². The molecule has 2 N–H and O–H groups in total. The first kappa shape index (κ1) is 17.9. The van der Waals surface area contributed by atoms with E-state index in [9.17, 15) is 9.59 Å². The van der Waals surface area contributed by atoms with E-state index in [1.54, 1.807) is 0 Å². The second-order valence-electron chi connectivity index (χ2n) is 7.56. The third-order valence-corrected chi connectivity index (χ3v) is 3.73. The normalized spacial score (nSPS) is 15.7. The maximum atomic E-state index is 12.0. The Morgan fingerprint density at radius 3 is 1.79 bits per heavy atom. The number of carboxylic acids is 1. The first-order chi connectivity index (χ1) is 8.34. The van der Waals surface area contributed by atoms with E-state index in [0.717, 1.165) is 0 Å². The minimum atomic E-state index is -0.885. The van der Waals surface area contributed by atoms with E-state index in [0.29, 0.717) is 6.42 Å². The van der Waals surface area contributed by atoms with Gasteiger partial charge in [-0.3, -0.25) is 9.59 Å². The summed E-state index contributed by atoms with van der Waals surface area (Å²) in [5.74, 6) is -0.703. The van der Waals surface area contributed by atoms with Crippen LogP contribution in [0.25, 0.3) is 0 Å². The highest BCUT2D eigenvalue weighted by molar-refractivity contribution is 5.77. The predicted octanol–water partition coefficient (Wildman–Crippen LogP) is 3.06. The molecule has 0 saturated heterocycles. The van der Waals surface area contributed by atoms with Gasteiger partial charge in [-0.1, -0.05) is 48.5 Å². The van der Waals surface area contributed by atoms with Crippen LogP contribution in [0.3, 0.4) is 0 Å². The van der Waals surface area contributed by atoms with Gasteiger partial charge in [0.1, 0.15) is 0 Å². The molecule has 2 unspecified atom stereocenters. The van der Waals surface area contributed by atoms with Gasteiger partial charge in [-0.05, 0) is 16.7 Å². The van der Waals surface area contributed by atoms with Crippen molar-refractivity contribution >= 4 is 11.9 Å². The molecule has 0 saturated carbocycles. The molecule has 0 rings (SSSR count). The Morgan fingerprint density at radius 2 is 1.47 bits per heavy atom. The number of aliphatic carboxylic acids is 1. The zero-order valence-electron chi connectivity index (χ0n) is 13.3. The van der Waals surface area contributed by atoms with E-state index in [-0.39, 0.29) is 35.1 Å². The molecule has 0 aliphatic rings. The Morgan fingerprint density at radius 1 is 1.00 bits per heavy atom. The predicted molar refractivity (Wildman–Crippen MR) is 76.9 cm³/mol. The van der Waals surface area contributed by atoms with Crippen LogP contribution in [-0.2, 0) is 9.59 Å². The fraction of sp³-hybridized carbons (Fsp3) is 0.867. The van der Waals surface area contributed by atoms with Crippen molar-refractivity contribution in [2.24, 2.45) is 16.7 Å². The van der Waals surface area contributed by atoms with E-state index in [1.807, 2.05) is 27.7 Å². The standard InChI is InChI=1S/C15H29NO3/c1-10(14(2,3)4)8-12(17)16-11(9-13(18)19)15(5,6)7/h10-11H,8-9H2,1-7H3,(H,16,17)(H,18,19). The van der Waals surface area contributed by atoms with Crippen LogP contribution in [0, 0.1) is 16.7 Å². The largest absolute Gasteiger partial charge is 0.481 e. The van der Waals surface area contributed by atoms with E-state index in [4.69, 9.17) is 5.11 Å². The lowest BCUT2D eigenvalue weighted by atomic mass is 9.79. The van der Waals surface area contributed by atoms with Gasteiger partial charge in [-0.2, -0.15) is 0 Å². The Labute approximate surface area is 117 Å². The van der Waals surface area contributed by atoms with Gasteiger partial charge in [0.05, 0.1) is 6.42 Å². The van der Waals surface area contributed by atoms with Crippen LogP contribution in [0.4, 0.5) is 0 Å². The lowest BCUT2D eigenvalue weighted by Crippen LogP contribution is -2.45. The van der Waals surface area contributed by atoms with Gasteiger partial charge < -0.3 is 10.4 Å². The maximum Gasteiger partial charge on any atom is 0.305 e. The smallest absolute Gasteiger partial charge is 0.305 e. The lowest BCUT2D eigenvalue weighted by molar-refractivity contribution is -0.138. The van der Waals surface area contributed by atoms with Gasteiger partial charge >= 0.3 is 5.97 Å². The highest BCUT2D eigenvalue weighted by atomic mass is 16.4. The third kappa shape index (κ3) is 7.19. The molecule has 4 heteroatoms. The second-order valence-corrected chi connectivity index (χ2v) is 7.56. The fourth-order valence-corrected chi connectivity index (χ4v) is 1.59. The highest BCUT2D eigenvalue weighted by Crippen LogP contribution is 2.28. The molecular formula is C15H29NO3. The number of carbonyl (C=O) groups excluding carboxylic acids is 1. The van der Waals surface area contributed by atoms with Gasteiger partial charge in [0, 0.05) is 12.5 Å². The van der Waals surface area contributed by atoms with Crippen LogP contribution in [0.1, 0.15) is 61.3 Å². The minimum Gasteiger partial charge on any atom is -0.481 e. The van der Waals surface area contributed by atoms with E-state index < -0.39 is 5.97 Å². The number of hydrogen-bond acceptors (Lipinski definition) is 2. The maximum absolute atomic E-state index is 12.0. The summed E-state index contributed by atoms with van der Waals surface area (Å²) in [5.41, 5.74) is -0.194. The van der Waals surface area contributed by atoms with E-state index in [2.05, 4.69) is 26.1 Å². The number of amides is 1. The minimum absolute atomic E-state index is 0.0425. The molecule has 0 aromatic rings. The second kappa shape index (κ2) is 6.40. The van der Waals surface area contributed by atoms with Crippen molar-refractivity contribution in [3.05, 3.63) is 0 Å². The Hall–Kier alpha value is -1.06. The lowest BCUT2D eigenvalue weighted by Gasteiger charge is -2.32. The molecule has 4 nitrogen and oxygen atoms in total. The van der Waals surface area contributed by atoms with Crippen molar-refractivity contribution in [2.45, 2.75) is 67.3 Å². The van der Waals surface area contributed by atoms with Crippen molar-refractivity contribution in [1.82, 2.24) is 5.32 Å². The zero-order valence-corrected chi connectivity index (χ0v) is 13.3. The quantitative estimate of drug-likeness (QED) is 0.807. The number of hydrogen-bond donors (Lipinski definition) is 2. The van der Waals surface area contributed by atoms with Crippen molar-refractivity contribution in [3.63, 3.8) is 0 Å². The Balaban J connectivity index is 4.61. The number of nitrogens with one attached hydrogen (secondary N) is 1. The topological polar surface area (TPSA) is 66.4 Å². The number of rotatable bonds is 5. The molecule has 2 atom stereocenters. The van der Waals surface area contributed by atoms with E-state index in [1.165, 1.54) is 0 Å². The van der Waals surface area contributed by atoms with Crippen LogP contribution < -0.4 is 5.32 Å². The van der Waals surface area contributed by atoms with Crippen molar-refractivity contribution in [2.75, 3.05) is 0 Å². The Bertz CT molecular complexity index is 323. The molecule has 112 valence electrons. The van der Waals surface area contributed by atoms with Gasteiger partial charge in [-0.15, -0.1) is 0 Å². The summed E-state index contributed by atoms with van der Waals surface area (Å²) in [6.45, 7) is 14.2. The Kier molecular flexibility index (Phi) is 6.04. The van der Waals surface area contributed by atoms with Crippen LogP contribution in [0.5, 0.6) is 0 Å². The first-order valence-electron chi connectivity index (χ1n) is 6.85. The molecule has 0 spiro atoms. The fourth-order valence-electron chi connectivity index (χ4n) is 1.59. The van der Waals surface area contributed by atoms with Crippen molar-refractivity contribution in [3.8, 4) is 0 Å². The molecular weight excluding hydrogens is 242 g/mol. The van der Waals surface area contributed by atoms with Crippen LogP contribution in [-0.4, -0.2) is 23.0 Å². The average Bonchev–Trinajstić information content (AvgIpc) is 2.12. The van der Waals surface area contributed by atoms with Crippen molar-refractivity contribution in [1.29, 1.82) is 0 Å². The summed E-state index contributed by atoms with van der Waals surface area (Å²) in [6.07, 6.45) is 0.384. The first-order valence-corrected chi connectivity index (χ1v) is 6.85. The molecule has 0 fully saturated rings. The molecule has 0 aromatic carbocycles. The molecule has 19 heavy (non-hydrogen) atoms. The molecule has 1 amide bonds. The van der Waals surface area contributed by atoms with Gasteiger partial charge in [0.15, 0.2) is 0 Å². The SMILES string of the molecule is CC(CC(=O)NC(CC(=O)O)C(C)(C)C)C(C)(C)C. The molecule has 0 aromatic heterocycles. The molecule has 0 aliphatic heterocycles. The van der Waals surface area contributed by atoms with Gasteiger partial charge in [0.2, 0.25) is 5.91 Å². The summed E-state index contributed by atoms with van der Waals surface area (Å²) in [5, 5.41) is 11.8. The highest BCUT2D eigenvalue weighted by Gasteiger charge is 2.30. The summed E-state index contributed by atoms with van der Waals surface area (Å²) < 4.78 is 0. The van der Waals surface area contributed by atoms with Crippen LogP contribution in [0.2, 0.25) is 0 Å². The zero-order chi connectivity index (χ0) is 15.4. The van der Waals surface area contributed by atoms with E-state index >= 15 is 0 Å².